The Hall–Kier alpha value is -2.90. The summed E-state index contributed by atoms with van der Waals surface area (Å²) in [6.45, 7) is 3.74. The van der Waals surface area contributed by atoms with E-state index in [-0.39, 0.29) is 17.5 Å². The number of carbonyl (C=O) groups is 1. The van der Waals surface area contributed by atoms with E-state index in [4.69, 9.17) is 0 Å². The molecule has 0 aliphatic rings. The lowest BCUT2D eigenvalue weighted by molar-refractivity contribution is -0.117. The molecule has 0 unspecified atom stereocenters. The van der Waals surface area contributed by atoms with E-state index in [9.17, 15) is 10.1 Å². The van der Waals surface area contributed by atoms with Crippen LogP contribution in [-0.4, -0.2) is 11.9 Å². The van der Waals surface area contributed by atoms with E-state index in [1.54, 1.807) is 6.08 Å². The van der Waals surface area contributed by atoms with Gasteiger partial charge in [0.05, 0.1) is 0 Å². The largest absolute Gasteiger partial charge is 0.349 e. The topological polar surface area (TPSA) is 52.9 Å². The van der Waals surface area contributed by atoms with Crippen LogP contribution in [0.25, 0.3) is 28.0 Å². The number of carbonyl (C=O) groups excluding carboxylic acids is 1. The van der Waals surface area contributed by atoms with Crippen molar-refractivity contribution >= 4 is 34.1 Å². The Morgan fingerprint density at radius 1 is 1.20 bits per heavy atom. The van der Waals surface area contributed by atoms with Gasteiger partial charge in [0.1, 0.15) is 11.6 Å². The van der Waals surface area contributed by atoms with Crippen molar-refractivity contribution in [1.82, 2.24) is 5.32 Å². The molecule has 2 aromatic carbocycles. The molecule has 25 heavy (non-hydrogen) atoms. The normalized spacial score (nSPS) is 11.5. The molecule has 1 amide bonds. The van der Waals surface area contributed by atoms with E-state index in [2.05, 4.69) is 35.0 Å². The number of fused-ring (bicyclic) bond motifs is 1. The van der Waals surface area contributed by atoms with Crippen LogP contribution in [0.15, 0.2) is 59.5 Å². The molecule has 0 saturated heterocycles. The smallest absolute Gasteiger partial charge is 0.262 e. The third-order valence-electron chi connectivity index (χ3n) is 3.79. The number of hydrogen-bond acceptors (Lipinski definition) is 3. The second kappa shape index (κ2) is 7.33. The molecule has 3 rings (SSSR count). The average Bonchev–Trinajstić information content (AvgIpc) is 3.07. The SMILES string of the molecule is CC(C)NC(=O)/C(C#N)=C/c1cc(-c2cccc3ccccc23)cs1. The Balaban J connectivity index is 1.96. The van der Waals surface area contributed by atoms with Crippen molar-refractivity contribution < 1.29 is 4.79 Å². The lowest BCUT2D eigenvalue weighted by atomic mass is 10.00. The molecule has 0 bridgehead atoms. The molecule has 0 saturated carbocycles. The van der Waals surface area contributed by atoms with Crippen LogP contribution in [0.3, 0.4) is 0 Å². The van der Waals surface area contributed by atoms with Crippen LogP contribution in [0, 0.1) is 11.3 Å². The number of nitrogens with zero attached hydrogens (tertiary/aromatic N) is 1. The van der Waals surface area contributed by atoms with Crippen LogP contribution in [0.1, 0.15) is 18.7 Å². The number of amides is 1. The number of hydrogen-bond donors (Lipinski definition) is 1. The van der Waals surface area contributed by atoms with E-state index in [0.717, 1.165) is 16.0 Å². The second-order valence-corrected chi connectivity index (χ2v) is 7.01. The van der Waals surface area contributed by atoms with Gasteiger partial charge in [0.25, 0.3) is 5.91 Å². The number of nitriles is 1. The molecule has 3 aromatic rings. The minimum atomic E-state index is -0.336. The first-order valence-corrected chi connectivity index (χ1v) is 8.96. The van der Waals surface area contributed by atoms with Gasteiger partial charge in [-0.25, -0.2) is 0 Å². The molecular formula is C21H18N2OS. The molecule has 4 heteroatoms. The Labute approximate surface area is 151 Å². The summed E-state index contributed by atoms with van der Waals surface area (Å²) in [5.41, 5.74) is 2.37. The standard InChI is InChI=1S/C21H18N2OS/c1-14(2)23-21(24)16(12-22)10-18-11-17(13-25-18)20-9-5-7-15-6-3-4-8-19(15)20/h3-11,13-14H,1-2H3,(H,23,24)/b16-10+. The third kappa shape index (κ3) is 3.78. The Morgan fingerprint density at radius 2 is 1.96 bits per heavy atom. The predicted molar refractivity (Wildman–Crippen MR) is 104 cm³/mol. The maximum absolute atomic E-state index is 12.0. The summed E-state index contributed by atoms with van der Waals surface area (Å²) in [6.07, 6.45) is 1.65. The molecule has 0 fully saturated rings. The summed E-state index contributed by atoms with van der Waals surface area (Å²) in [7, 11) is 0. The van der Waals surface area contributed by atoms with Crippen molar-refractivity contribution in [3.8, 4) is 17.2 Å². The van der Waals surface area contributed by atoms with Gasteiger partial charge in [-0.05, 0) is 53.3 Å². The molecule has 124 valence electrons. The van der Waals surface area contributed by atoms with Crippen LogP contribution in [0.2, 0.25) is 0 Å². The van der Waals surface area contributed by atoms with E-state index in [1.165, 1.54) is 22.1 Å². The fourth-order valence-corrected chi connectivity index (χ4v) is 3.52. The van der Waals surface area contributed by atoms with E-state index < -0.39 is 0 Å². The summed E-state index contributed by atoms with van der Waals surface area (Å²) in [4.78, 5) is 12.9. The van der Waals surface area contributed by atoms with Crippen molar-refractivity contribution in [3.63, 3.8) is 0 Å². The third-order valence-corrected chi connectivity index (χ3v) is 4.67. The Kier molecular flexibility index (Phi) is 4.97. The van der Waals surface area contributed by atoms with Crippen molar-refractivity contribution in [2.24, 2.45) is 0 Å². The van der Waals surface area contributed by atoms with Crippen molar-refractivity contribution in [2.75, 3.05) is 0 Å². The van der Waals surface area contributed by atoms with E-state index >= 15 is 0 Å². The van der Waals surface area contributed by atoms with Gasteiger partial charge in [0.2, 0.25) is 0 Å². The number of thiophene rings is 1. The summed E-state index contributed by atoms with van der Waals surface area (Å²) >= 11 is 1.53. The minimum Gasteiger partial charge on any atom is -0.349 e. The summed E-state index contributed by atoms with van der Waals surface area (Å²) in [5, 5.41) is 16.5. The van der Waals surface area contributed by atoms with Crippen molar-refractivity contribution in [3.05, 3.63) is 64.4 Å². The highest BCUT2D eigenvalue weighted by atomic mass is 32.1. The fraction of sp³-hybridized carbons (Fsp3) is 0.143. The lowest BCUT2D eigenvalue weighted by Gasteiger charge is -2.06. The number of benzene rings is 2. The summed E-state index contributed by atoms with van der Waals surface area (Å²) < 4.78 is 0. The van der Waals surface area contributed by atoms with E-state index in [0.29, 0.717) is 0 Å². The average molecular weight is 346 g/mol. The highest BCUT2D eigenvalue weighted by molar-refractivity contribution is 7.11. The molecular weight excluding hydrogens is 328 g/mol. The van der Waals surface area contributed by atoms with Crippen LogP contribution < -0.4 is 5.32 Å². The van der Waals surface area contributed by atoms with Gasteiger partial charge in [-0.2, -0.15) is 5.26 Å². The lowest BCUT2D eigenvalue weighted by Crippen LogP contribution is -2.30. The monoisotopic (exact) mass is 346 g/mol. The molecule has 0 radical (unpaired) electrons. The predicted octanol–water partition coefficient (Wildman–Crippen LogP) is 5.00. The van der Waals surface area contributed by atoms with E-state index in [1.807, 2.05) is 44.2 Å². The van der Waals surface area contributed by atoms with Gasteiger partial charge < -0.3 is 5.32 Å². The number of nitrogens with one attached hydrogen (secondary N) is 1. The highest BCUT2D eigenvalue weighted by Gasteiger charge is 2.11. The fourth-order valence-electron chi connectivity index (χ4n) is 2.68. The maximum Gasteiger partial charge on any atom is 0.262 e. The van der Waals surface area contributed by atoms with Gasteiger partial charge in [-0.15, -0.1) is 11.3 Å². The van der Waals surface area contributed by atoms with Crippen molar-refractivity contribution in [1.29, 1.82) is 5.26 Å². The van der Waals surface area contributed by atoms with Gasteiger partial charge in [0.15, 0.2) is 0 Å². The molecule has 0 spiro atoms. The maximum atomic E-state index is 12.0. The second-order valence-electron chi connectivity index (χ2n) is 6.06. The Morgan fingerprint density at radius 3 is 2.72 bits per heavy atom. The zero-order chi connectivity index (χ0) is 17.8. The summed E-state index contributed by atoms with van der Waals surface area (Å²) in [5.74, 6) is -0.336. The van der Waals surface area contributed by atoms with Gasteiger partial charge in [0, 0.05) is 10.9 Å². The first-order valence-electron chi connectivity index (χ1n) is 8.08. The molecule has 0 atom stereocenters. The summed E-state index contributed by atoms with van der Waals surface area (Å²) in [6, 6.07) is 18.5. The minimum absolute atomic E-state index is 0.00108. The Bertz CT molecular complexity index is 987. The zero-order valence-electron chi connectivity index (χ0n) is 14.1. The zero-order valence-corrected chi connectivity index (χ0v) is 14.9. The molecule has 0 aliphatic heterocycles. The number of rotatable bonds is 4. The molecule has 1 aromatic heterocycles. The van der Waals surface area contributed by atoms with Crippen LogP contribution in [-0.2, 0) is 4.79 Å². The molecule has 1 heterocycles. The van der Waals surface area contributed by atoms with Crippen LogP contribution in [0.5, 0.6) is 0 Å². The highest BCUT2D eigenvalue weighted by Crippen LogP contribution is 2.32. The first kappa shape index (κ1) is 16.9. The quantitative estimate of drug-likeness (QED) is 0.534. The van der Waals surface area contributed by atoms with Crippen molar-refractivity contribution in [2.45, 2.75) is 19.9 Å². The van der Waals surface area contributed by atoms with Gasteiger partial charge in [-0.1, -0.05) is 42.5 Å². The van der Waals surface area contributed by atoms with Crippen LogP contribution >= 0.6 is 11.3 Å². The molecule has 0 aliphatic carbocycles. The van der Waals surface area contributed by atoms with Crippen LogP contribution in [0.4, 0.5) is 0 Å². The first-order chi connectivity index (χ1) is 12.1. The van der Waals surface area contributed by atoms with Gasteiger partial charge in [-0.3, -0.25) is 4.79 Å². The van der Waals surface area contributed by atoms with Gasteiger partial charge >= 0.3 is 0 Å². The molecule has 1 N–H and O–H groups in total. The molecule has 3 nitrogen and oxygen atoms in total.